The van der Waals surface area contributed by atoms with E-state index in [2.05, 4.69) is 0 Å². The zero-order chi connectivity index (χ0) is 20.5. The molecule has 1 amide bonds. The molecule has 2 aromatic carbocycles. The predicted octanol–water partition coefficient (Wildman–Crippen LogP) is 5.22. The zero-order valence-corrected chi connectivity index (χ0v) is 14.7. The normalized spacial score (nSPS) is 15.7. The highest BCUT2D eigenvalue weighted by Crippen LogP contribution is 2.30. The van der Waals surface area contributed by atoms with Crippen LogP contribution >= 0.6 is 0 Å². The van der Waals surface area contributed by atoms with Gasteiger partial charge < -0.3 is 4.90 Å². The van der Waals surface area contributed by atoms with E-state index in [9.17, 15) is 31.1 Å². The maximum Gasteiger partial charge on any atom is 0.416 e. The van der Waals surface area contributed by atoms with Gasteiger partial charge in [0.25, 0.3) is 5.91 Å². The highest BCUT2D eigenvalue weighted by atomic mass is 19.4. The number of amides is 1. The van der Waals surface area contributed by atoms with Crippen LogP contribution in [0.2, 0.25) is 0 Å². The van der Waals surface area contributed by atoms with Gasteiger partial charge in [-0.15, -0.1) is 0 Å². The third-order valence-electron chi connectivity index (χ3n) is 4.97. The summed E-state index contributed by atoms with van der Waals surface area (Å²) in [5, 5.41) is 0. The topological polar surface area (TPSA) is 20.3 Å². The summed E-state index contributed by atoms with van der Waals surface area (Å²) in [6.45, 7) is 0.616. The number of benzene rings is 2. The van der Waals surface area contributed by atoms with Gasteiger partial charge in [-0.2, -0.15) is 13.2 Å². The number of alkyl halides is 3. The maximum absolute atomic E-state index is 13.8. The standard InChI is InChI=1S/C20H17F6NO/c21-16-6-5-15(17(22)18(16)23)19(28)27-9-7-13(8-10-27)11-12-1-3-14(4-2-12)20(24,25)26/h1-6,13H,7-11H2. The highest BCUT2D eigenvalue weighted by Gasteiger charge is 2.30. The molecular weight excluding hydrogens is 384 g/mol. The largest absolute Gasteiger partial charge is 0.416 e. The van der Waals surface area contributed by atoms with Gasteiger partial charge in [0.1, 0.15) is 0 Å². The Balaban J connectivity index is 1.59. The van der Waals surface area contributed by atoms with Crippen molar-refractivity contribution < 1.29 is 31.1 Å². The Hall–Kier alpha value is -2.51. The maximum atomic E-state index is 13.8. The summed E-state index contributed by atoms with van der Waals surface area (Å²) in [6.07, 6.45) is -2.64. The zero-order valence-electron chi connectivity index (χ0n) is 14.7. The molecule has 0 aromatic heterocycles. The van der Waals surface area contributed by atoms with E-state index in [0.717, 1.165) is 23.8 Å². The highest BCUT2D eigenvalue weighted by molar-refractivity contribution is 5.94. The van der Waals surface area contributed by atoms with Crippen molar-refractivity contribution in [3.05, 3.63) is 70.5 Å². The van der Waals surface area contributed by atoms with Crippen molar-refractivity contribution in [1.82, 2.24) is 4.90 Å². The lowest BCUT2D eigenvalue weighted by atomic mass is 9.89. The second kappa shape index (κ2) is 7.85. The first-order valence-electron chi connectivity index (χ1n) is 8.75. The van der Waals surface area contributed by atoms with Crippen LogP contribution in [0.3, 0.4) is 0 Å². The summed E-state index contributed by atoms with van der Waals surface area (Å²) >= 11 is 0. The molecule has 0 radical (unpaired) electrons. The van der Waals surface area contributed by atoms with Crippen molar-refractivity contribution in [2.24, 2.45) is 5.92 Å². The predicted molar refractivity (Wildman–Crippen MR) is 90.1 cm³/mol. The average Bonchev–Trinajstić information content (AvgIpc) is 2.66. The molecule has 1 aliphatic rings. The van der Waals surface area contributed by atoms with Crippen molar-refractivity contribution in [3.63, 3.8) is 0 Å². The van der Waals surface area contributed by atoms with Crippen LogP contribution in [0.1, 0.15) is 34.3 Å². The van der Waals surface area contributed by atoms with Crippen LogP contribution < -0.4 is 0 Å². The number of nitrogens with zero attached hydrogens (tertiary/aromatic N) is 1. The third-order valence-corrected chi connectivity index (χ3v) is 4.97. The van der Waals surface area contributed by atoms with E-state index < -0.39 is 40.7 Å². The smallest absolute Gasteiger partial charge is 0.339 e. The molecule has 28 heavy (non-hydrogen) atoms. The number of hydrogen-bond donors (Lipinski definition) is 0. The molecule has 0 atom stereocenters. The third kappa shape index (κ3) is 4.31. The lowest BCUT2D eigenvalue weighted by Crippen LogP contribution is -2.39. The van der Waals surface area contributed by atoms with Gasteiger partial charge in [0, 0.05) is 13.1 Å². The molecule has 0 spiro atoms. The van der Waals surface area contributed by atoms with Gasteiger partial charge in [0.15, 0.2) is 17.5 Å². The van der Waals surface area contributed by atoms with Gasteiger partial charge in [0.05, 0.1) is 11.1 Å². The first-order valence-corrected chi connectivity index (χ1v) is 8.75. The number of rotatable bonds is 3. The second-order valence-electron chi connectivity index (χ2n) is 6.86. The van der Waals surface area contributed by atoms with Crippen LogP contribution in [0.4, 0.5) is 26.3 Å². The second-order valence-corrected chi connectivity index (χ2v) is 6.86. The number of carbonyl (C=O) groups is 1. The van der Waals surface area contributed by atoms with Crippen molar-refractivity contribution in [3.8, 4) is 0 Å². The Labute approximate surface area is 157 Å². The molecular formula is C20H17F6NO. The van der Waals surface area contributed by atoms with Crippen LogP contribution in [0.5, 0.6) is 0 Å². The van der Waals surface area contributed by atoms with E-state index in [1.54, 1.807) is 0 Å². The van der Waals surface area contributed by atoms with E-state index >= 15 is 0 Å². The van der Waals surface area contributed by atoms with E-state index in [-0.39, 0.29) is 5.92 Å². The van der Waals surface area contributed by atoms with E-state index in [0.29, 0.717) is 38.4 Å². The summed E-state index contributed by atoms with van der Waals surface area (Å²) in [5.41, 5.74) is -0.449. The molecule has 150 valence electrons. The van der Waals surface area contributed by atoms with Gasteiger partial charge in [-0.05, 0) is 55.0 Å². The fourth-order valence-corrected chi connectivity index (χ4v) is 3.36. The molecule has 0 unspecified atom stereocenters. The molecule has 0 saturated carbocycles. The summed E-state index contributed by atoms with van der Waals surface area (Å²) in [7, 11) is 0. The minimum atomic E-state index is -4.38. The Bertz CT molecular complexity index is 854. The fourth-order valence-electron chi connectivity index (χ4n) is 3.36. The molecule has 1 heterocycles. The summed E-state index contributed by atoms with van der Waals surface area (Å²) in [4.78, 5) is 13.7. The van der Waals surface area contributed by atoms with Crippen LogP contribution in [-0.4, -0.2) is 23.9 Å². The minimum Gasteiger partial charge on any atom is -0.339 e. The molecule has 8 heteroatoms. The van der Waals surface area contributed by atoms with E-state index in [1.807, 2.05) is 0 Å². The van der Waals surface area contributed by atoms with Gasteiger partial charge >= 0.3 is 6.18 Å². The number of likely N-dealkylation sites (tertiary alicyclic amines) is 1. The molecule has 1 fully saturated rings. The van der Waals surface area contributed by atoms with Gasteiger partial charge in [0.2, 0.25) is 0 Å². The fraction of sp³-hybridized carbons (Fsp3) is 0.350. The lowest BCUT2D eigenvalue weighted by Gasteiger charge is -2.32. The van der Waals surface area contributed by atoms with Crippen molar-refractivity contribution in [2.45, 2.75) is 25.4 Å². The Morgan fingerprint density at radius 1 is 0.929 bits per heavy atom. The molecule has 0 bridgehead atoms. The Kier molecular flexibility index (Phi) is 5.67. The molecule has 0 aliphatic carbocycles. The van der Waals surface area contributed by atoms with Gasteiger partial charge in [-0.3, -0.25) is 4.79 Å². The molecule has 0 N–H and O–H groups in total. The molecule has 2 nitrogen and oxygen atoms in total. The molecule has 3 rings (SSSR count). The Morgan fingerprint density at radius 3 is 2.11 bits per heavy atom. The van der Waals surface area contributed by atoms with Crippen LogP contribution in [0.25, 0.3) is 0 Å². The molecule has 2 aromatic rings. The monoisotopic (exact) mass is 401 g/mol. The summed E-state index contributed by atoms with van der Waals surface area (Å²) < 4.78 is 78.0. The Morgan fingerprint density at radius 2 is 1.54 bits per heavy atom. The van der Waals surface area contributed by atoms with Crippen molar-refractivity contribution in [2.75, 3.05) is 13.1 Å². The first-order chi connectivity index (χ1) is 13.2. The number of hydrogen-bond acceptors (Lipinski definition) is 1. The number of carbonyl (C=O) groups excluding carboxylic acids is 1. The quantitative estimate of drug-likeness (QED) is 0.510. The SMILES string of the molecule is O=C(c1ccc(F)c(F)c1F)N1CCC(Cc2ccc(C(F)(F)F)cc2)CC1. The van der Waals surface area contributed by atoms with Crippen LogP contribution in [0.15, 0.2) is 36.4 Å². The molecule has 1 aliphatic heterocycles. The average molecular weight is 401 g/mol. The number of piperidine rings is 1. The van der Waals surface area contributed by atoms with E-state index in [1.165, 1.54) is 17.0 Å². The number of halogens is 6. The van der Waals surface area contributed by atoms with Crippen LogP contribution in [-0.2, 0) is 12.6 Å². The van der Waals surface area contributed by atoms with Gasteiger partial charge in [-0.25, -0.2) is 13.2 Å². The summed E-state index contributed by atoms with van der Waals surface area (Å²) in [5.74, 6) is -5.08. The summed E-state index contributed by atoms with van der Waals surface area (Å²) in [6, 6.07) is 6.60. The lowest BCUT2D eigenvalue weighted by molar-refractivity contribution is -0.137. The van der Waals surface area contributed by atoms with Gasteiger partial charge in [-0.1, -0.05) is 12.1 Å². The van der Waals surface area contributed by atoms with Crippen LogP contribution in [0, 0.1) is 23.4 Å². The van der Waals surface area contributed by atoms with Crippen molar-refractivity contribution in [1.29, 1.82) is 0 Å². The molecule has 1 saturated heterocycles. The van der Waals surface area contributed by atoms with Crippen molar-refractivity contribution >= 4 is 5.91 Å². The first kappa shape index (κ1) is 20.2. The van der Waals surface area contributed by atoms with E-state index in [4.69, 9.17) is 0 Å². The minimum absolute atomic E-state index is 0.163.